The van der Waals surface area contributed by atoms with Gasteiger partial charge in [-0.05, 0) is 47.9 Å². The zero-order chi connectivity index (χ0) is 30.7. The van der Waals surface area contributed by atoms with Gasteiger partial charge in [0.2, 0.25) is 0 Å². The van der Waals surface area contributed by atoms with Crippen molar-refractivity contribution in [3.05, 3.63) is 106 Å². The first-order chi connectivity index (χ1) is 20.7. The number of nitrogens with zero attached hydrogens (tertiary/aromatic N) is 3. The van der Waals surface area contributed by atoms with Crippen LogP contribution in [0.4, 0.5) is 9.18 Å². The Kier molecular flexibility index (Phi) is 8.91. The lowest BCUT2D eigenvalue weighted by atomic mass is 10.0. The van der Waals surface area contributed by atoms with Crippen LogP contribution in [0.25, 0.3) is 11.3 Å². The molecule has 0 radical (unpaired) electrons. The Morgan fingerprint density at radius 1 is 1.09 bits per heavy atom. The van der Waals surface area contributed by atoms with E-state index in [-0.39, 0.29) is 12.5 Å². The maximum atomic E-state index is 15.0. The number of halogens is 2. The molecule has 43 heavy (non-hydrogen) atoms. The SMILES string of the molecule is CCc1nc([C@H](Cc2ccccc2)N2C(=O)N[C@H](c3ccc(OCC(=O)N(C)C)cc3)C2=O)[nH]c1-c1ccc(Br)cc1F. The van der Waals surface area contributed by atoms with E-state index in [1.54, 1.807) is 50.5 Å². The van der Waals surface area contributed by atoms with E-state index in [4.69, 9.17) is 9.72 Å². The third-order valence-corrected chi connectivity index (χ3v) is 7.77. The summed E-state index contributed by atoms with van der Waals surface area (Å²) in [6, 6.07) is 18.7. The molecule has 1 saturated heterocycles. The van der Waals surface area contributed by atoms with Gasteiger partial charge in [-0.2, -0.15) is 0 Å². The number of imidazole rings is 1. The number of urea groups is 1. The van der Waals surface area contributed by atoms with E-state index >= 15 is 0 Å². The molecule has 4 aromatic rings. The van der Waals surface area contributed by atoms with E-state index in [0.29, 0.717) is 51.4 Å². The van der Waals surface area contributed by atoms with Gasteiger partial charge in [-0.15, -0.1) is 0 Å². The molecule has 0 unspecified atom stereocenters. The molecule has 1 aliphatic rings. The minimum Gasteiger partial charge on any atom is -0.484 e. The summed E-state index contributed by atoms with van der Waals surface area (Å²) in [7, 11) is 3.29. The fourth-order valence-corrected chi connectivity index (χ4v) is 5.28. The molecule has 1 aliphatic heterocycles. The van der Waals surface area contributed by atoms with Crippen molar-refractivity contribution in [1.82, 2.24) is 25.1 Å². The van der Waals surface area contributed by atoms with Crippen molar-refractivity contribution in [2.45, 2.75) is 31.8 Å². The minimum atomic E-state index is -0.924. The van der Waals surface area contributed by atoms with Crippen molar-refractivity contribution in [2.75, 3.05) is 20.7 Å². The summed E-state index contributed by atoms with van der Waals surface area (Å²) in [4.78, 5) is 49.8. The number of nitrogens with one attached hydrogen (secondary N) is 2. The first kappa shape index (κ1) is 30.0. The van der Waals surface area contributed by atoms with Gasteiger partial charge in [0.15, 0.2) is 6.61 Å². The van der Waals surface area contributed by atoms with Crippen molar-refractivity contribution in [3.8, 4) is 17.0 Å². The Bertz CT molecular complexity index is 1640. The van der Waals surface area contributed by atoms with Crippen LogP contribution < -0.4 is 10.1 Å². The van der Waals surface area contributed by atoms with Crippen molar-refractivity contribution < 1.29 is 23.5 Å². The number of hydrogen-bond acceptors (Lipinski definition) is 5. The molecule has 222 valence electrons. The number of H-pyrrole nitrogens is 1. The Morgan fingerprint density at radius 3 is 2.47 bits per heavy atom. The number of benzene rings is 3. The standard InChI is InChI=1S/C32H31BrFN5O4/c1-4-25-29(23-15-12-21(33)17-24(23)34)36-30(35-25)26(16-19-8-6-5-7-9-19)39-31(41)28(37-32(39)42)20-10-13-22(14-11-20)43-18-27(40)38(2)3/h5-15,17,26,28H,4,16,18H2,1-3H3,(H,35,36)(H,37,42)/t26-,28+/m0/s1. The number of aromatic amines is 1. The van der Waals surface area contributed by atoms with E-state index in [1.807, 2.05) is 37.3 Å². The summed E-state index contributed by atoms with van der Waals surface area (Å²) in [6.45, 7) is 1.80. The molecule has 1 fully saturated rings. The van der Waals surface area contributed by atoms with Gasteiger partial charge < -0.3 is 19.9 Å². The molecule has 5 rings (SSSR count). The molecule has 1 aromatic heterocycles. The summed E-state index contributed by atoms with van der Waals surface area (Å²) < 4.78 is 21.1. The number of rotatable bonds is 10. The predicted molar refractivity (Wildman–Crippen MR) is 163 cm³/mol. The summed E-state index contributed by atoms with van der Waals surface area (Å²) in [5.74, 6) is -0.195. The molecule has 2 N–H and O–H groups in total. The van der Waals surface area contributed by atoms with Gasteiger partial charge in [-0.3, -0.25) is 14.5 Å². The molecule has 2 atom stereocenters. The van der Waals surface area contributed by atoms with Crippen molar-refractivity contribution in [3.63, 3.8) is 0 Å². The highest BCUT2D eigenvalue weighted by molar-refractivity contribution is 9.10. The zero-order valence-corrected chi connectivity index (χ0v) is 25.5. The summed E-state index contributed by atoms with van der Waals surface area (Å²) in [5, 5.41) is 2.80. The number of ether oxygens (including phenoxy) is 1. The van der Waals surface area contributed by atoms with Gasteiger partial charge >= 0.3 is 6.03 Å². The van der Waals surface area contributed by atoms with Crippen LogP contribution in [-0.4, -0.2) is 58.3 Å². The van der Waals surface area contributed by atoms with Gasteiger partial charge in [0, 0.05) is 30.6 Å². The fraction of sp³-hybridized carbons (Fsp3) is 0.250. The van der Waals surface area contributed by atoms with Crippen LogP contribution >= 0.6 is 15.9 Å². The topological polar surface area (TPSA) is 108 Å². The second-order valence-electron chi connectivity index (χ2n) is 10.4. The number of amides is 4. The van der Waals surface area contributed by atoms with Crippen molar-refractivity contribution >= 4 is 33.8 Å². The molecular weight excluding hydrogens is 617 g/mol. The van der Waals surface area contributed by atoms with E-state index in [2.05, 4.69) is 26.2 Å². The fourth-order valence-electron chi connectivity index (χ4n) is 4.95. The molecule has 11 heteroatoms. The number of carbonyl (C=O) groups excluding carboxylic acids is 3. The zero-order valence-electron chi connectivity index (χ0n) is 23.9. The quantitative estimate of drug-likeness (QED) is 0.218. The van der Waals surface area contributed by atoms with Crippen LogP contribution in [0.3, 0.4) is 0 Å². The van der Waals surface area contributed by atoms with Gasteiger partial charge in [0.1, 0.15) is 29.5 Å². The van der Waals surface area contributed by atoms with E-state index in [9.17, 15) is 18.8 Å². The van der Waals surface area contributed by atoms with Crippen molar-refractivity contribution in [1.29, 1.82) is 0 Å². The molecule has 2 heterocycles. The predicted octanol–water partition coefficient (Wildman–Crippen LogP) is 5.58. The molecule has 0 aliphatic carbocycles. The van der Waals surface area contributed by atoms with Gasteiger partial charge in [0.05, 0.1) is 11.4 Å². The van der Waals surface area contributed by atoms with Gasteiger partial charge in [0.25, 0.3) is 11.8 Å². The normalized spacial score (nSPS) is 15.4. The van der Waals surface area contributed by atoms with Gasteiger partial charge in [-0.25, -0.2) is 14.2 Å². The monoisotopic (exact) mass is 647 g/mol. The molecule has 3 aromatic carbocycles. The molecule has 0 spiro atoms. The van der Waals surface area contributed by atoms with Crippen LogP contribution in [0.5, 0.6) is 5.75 Å². The third kappa shape index (κ3) is 6.46. The van der Waals surface area contributed by atoms with Crippen LogP contribution in [0.1, 0.15) is 41.7 Å². The van der Waals surface area contributed by atoms with Crippen LogP contribution in [0, 0.1) is 5.82 Å². The Labute approximate surface area is 257 Å². The molecular formula is C32H31BrFN5O4. The van der Waals surface area contributed by atoms with E-state index in [1.165, 1.54) is 15.9 Å². The van der Waals surface area contributed by atoms with Crippen LogP contribution in [0.15, 0.2) is 77.3 Å². The maximum Gasteiger partial charge on any atom is 0.325 e. The number of imide groups is 1. The third-order valence-electron chi connectivity index (χ3n) is 7.28. The van der Waals surface area contributed by atoms with Crippen LogP contribution in [-0.2, 0) is 22.4 Å². The minimum absolute atomic E-state index is 0.116. The van der Waals surface area contributed by atoms with Gasteiger partial charge in [-0.1, -0.05) is 65.3 Å². The van der Waals surface area contributed by atoms with Crippen LogP contribution in [0.2, 0.25) is 0 Å². The average Bonchev–Trinajstić information content (AvgIpc) is 3.55. The second kappa shape index (κ2) is 12.8. The number of hydrogen-bond donors (Lipinski definition) is 2. The number of carbonyl (C=O) groups is 3. The highest BCUT2D eigenvalue weighted by Crippen LogP contribution is 2.35. The first-order valence-electron chi connectivity index (χ1n) is 13.8. The largest absolute Gasteiger partial charge is 0.484 e. The molecule has 0 saturated carbocycles. The highest BCUT2D eigenvalue weighted by Gasteiger charge is 2.44. The summed E-state index contributed by atoms with van der Waals surface area (Å²) in [6.07, 6.45) is 0.815. The summed E-state index contributed by atoms with van der Waals surface area (Å²) >= 11 is 3.30. The lowest BCUT2D eigenvalue weighted by Gasteiger charge is -2.24. The molecule has 0 bridgehead atoms. The average molecular weight is 649 g/mol. The lowest BCUT2D eigenvalue weighted by molar-refractivity contribution is -0.131. The summed E-state index contributed by atoms with van der Waals surface area (Å²) in [5.41, 5.74) is 2.95. The molecule has 9 nitrogen and oxygen atoms in total. The smallest absolute Gasteiger partial charge is 0.325 e. The molecule has 4 amide bonds. The van der Waals surface area contributed by atoms with E-state index in [0.717, 1.165) is 5.56 Å². The maximum absolute atomic E-state index is 15.0. The lowest BCUT2D eigenvalue weighted by Crippen LogP contribution is -2.36. The Morgan fingerprint density at radius 2 is 1.81 bits per heavy atom. The Balaban J connectivity index is 1.46. The first-order valence-corrected chi connectivity index (χ1v) is 14.6. The van der Waals surface area contributed by atoms with E-state index < -0.39 is 29.8 Å². The number of aromatic nitrogens is 2. The number of aryl methyl sites for hydroxylation is 1. The van der Waals surface area contributed by atoms with Crippen molar-refractivity contribution in [2.24, 2.45) is 0 Å². The Hall–Kier alpha value is -4.51. The second-order valence-corrected chi connectivity index (χ2v) is 11.3. The number of likely N-dealkylation sites (N-methyl/N-ethyl adjacent to an activating group) is 1. The highest BCUT2D eigenvalue weighted by atomic mass is 79.9.